The molecular formula is C34H37N5O3S. The number of hydrogen-bond donors (Lipinski definition) is 1. The number of hydrogen-bond acceptors (Lipinski definition) is 7. The van der Waals surface area contributed by atoms with E-state index >= 15 is 0 Å². The van der Waals surface area contributed by atoms with Gasteiger partial charge >= 0.3 is 0 Å². The number of carbonyl (C=O) groups is 1. The van der Waals surface area contributed by atoms with Gasteiger partial charge in [0.1, 0.15) is 5.03 Å². The van der Waals surface area contributed by atoms with E-state index in [4.69, 9.17) is 4.98 Å². The van der Waals surface area contributed by atoms with Crippen LogP contribution in [0.25, 0.3) is 22.2 Å². The number of amides is 1. The van der Waals surface area contributed by atoms with Crippen LogP contribution in [0.1, 0.15) is 41.4 Å². The van der Waals surface area contributed by atoms with Crippen molar-refractivity contribution in [3.05, 3.63) is 123 Å². The van der Waals surface area contributed by atoms with Gasteiger partial charge in [-0.3, -0.25) is 19.8 Å². The second kappa shape index (κ2) is 13.8. The van der Waals surface area contributed by atoms with E-state index in [0.29, 0.717) is 43.3 Å². The molecule has 1 aliphatic heterocycles. The Balaban J connectivity index is 1.56. The summed E-state index contributed by atoms with van der Waals surface area (Å²) in [5, 5.41) is 16.0. The number of para-hydroxylation sites is 1. The molecule has 1 aromatic heterocycles. The minimum Gasteiger partial charge on any atom is -0.359 e. The Hall–Kier alpha value is -4.21. The first-order valence-corrected chi connectivity index (χ1v) is 15.8. The molecule has 1 atom stereocenters. The van der Waals surface area contributed by atoms with Gasteiger partial charge in [-0.1, -0.05) is 92.7 Å². The lowest BCUT2D eigenvalue weighted by molar-refractivity contribution is -0.403. The largest absolute Gasteiger partial charge is 0.359 e. The average molecular weight is 596 g/mol. The molecule has 9 heteroatoms. The van der Waals surface area contributed by atoms with Crippen molar-refractivity contribution < 1.29 is 9.72 Å². The Labute approximate surface area is 257 Å². The van der Waals surface area contributed by atoms with E-state index in [-0.39, 0.29) is 17.9 Å². The Morgan fingerprint density at radius 1 is 0.977 bits per heavy atom. The molecule has 0 bridgehead atoms. The first kappa shape index (κ1) is 30.3. The van der Waals surface area contributed by atoms with Crippen molar-refractivity contribution in [3.8, 4) is 11.3 Å². The van der Waals surface area contributed by atoms with Gasteiger partial charge in [0.05, 0.1) is 27.7 Å². The monoisotopic (exact) mass is 595 g/mol. The smallest absolute Gasteiger partial charge is 0.264 e. The Morgan fingerprint density at radius 2 is 1.60 bits per heavy atom. The van der Waals surface area contributed by atoms with Gasteiger partial charge in [0.15, 0.2) is 0 Å². The molecule has 5 rings (SSSR count). The summed E-state index contributed by atoms with van der Waals surface area (Å²) in [6.45, 7) is 7.50. The predicted octanol–water partition coefficient (Wildman–Crippen LogP) is 6.59. The summed E-state index contributed by atoms with van der Waals surface area (Å²) in [6.07, 6.45) is 2.95. The number of fused-ring (bicyclic) bond motifs is 1. The highest BCUT2D eigenvalue weighted by Crippen LogP contribution is 2.33. The molecule has 222 valence electrons. The number of carbonyl (C=O) groups excluding carboxylic acids is 1. The highest BCUT2D eigenvalue weighted by molar-refractivity contribution is 8.02. The van der Waals surface area contributed by atoms with Crippen LogP contribution in [0.5, 0.6) is 0 Å². The van der Waals surface area contributed by atoms with E-state index < -0.39 is 4.92 Å². The third-order valence-corrected chi connectivity index (χ3v) is 8.65. The van der Waals surface area contributed by atoms with E-state index in [1.807, 2.05) is 79.1 Å². The van der Waals surface area contributed by atoms with Crippen molar-refractivity contribution in [1.82, 2.24) is 20.1 Å². The zero-order valence-electron chi connectivity index (χ0n) is 24.8. The van der Waals surface area contributed by atoms with Crippen LogP contribution >= 0.6 is 11.8 Å². The van der Waals surface area contributed by atoms with E-state index in [9.17, 15) is 14.9 Å². The van der Waals surface area contributed by atoms with E-state index in [1.54, 1.807) is 0 Å². The van der Waals surface area contributed by atoms with Crippen molar-refractivity contribution in [1.29, 1.82) is 0 Å². The lowest BCUT2D eigenvalue weighted by Crippen LogP contribution is -2.45. The van der Waals surface area contributed by atoms with Crippen LogP contribution in [-0.2, 0) is 6.54 Å². The first-order valence-electron chi connectivity index (χ1n) is 14.5. The zero-order valence-corrected chi connectivity index (χ0v) is 25.6. The molecule has 1 aliphatic rings. The van der Waals surface area contributed by atoms with E-state index in [2.05, 4.69) is 41.1 Å². The highest BCUT2D eigenvalue weighted by atomic mass is 32.2. The van der Waals surface area contributed by atoms with Crippen molar-refractivity contribution in [2.75, 3.05) is 32.4 Å². The number of benzene rings is 3. The van der Waals surface area contributed by atoms with E-state index in [1.165, 1.54) is 11.8 Å². The number of nitrogens with one attached hydrogen (secondary N) is 1. The first-order chi connectivity index (χ1) is 20.9. The molecule has 2 heterocycles. The van der Waals surface area contributed by atoms with Crippen molar-refractivity contribution in [2.24, 2.45) is 5.92 Å². The number of pyridine rings is 1. The molecule has 3 aromatic carbocycles. The van der Waals surface area contributed by atoms with Crippen molar-refractivity contribution in [3.63, 3.8) is 0 Å². The molecule has 4 aromatic rings. The number of piperazine rings is 1. The fourth-order valence-corrected chi connectivity index (χ4v) is 6.34. The Kier molecular flexibility index (Phi) is 9.74. The molecule has 1 N–H and O–H groups in total. The predicted molar refractivity (Wildman–Crippen MR) is 174 cm³/mol. The second-order valence-electron chi connectivity index (χ2n) is 11.0. The molecule has 0 radical (unpaired) electrons. The average Bonchev–Trinajstić information content (AvgIpc) is 3.03. The van der Waals surface area contributed by atoms with Gasteiger partial charge in [-0.25, -0.2) is 4.98 Å². The summed E-state index contributed by atoms with van der Waals surface area (Å²) in [5.41, 5.74) is 5.13. The third kappa shape index (κ3) is 7.06. The Morgan fingerprint density at radius 3 is 2.23 bits per heavy atom. The summed E-state index contributed by atoms with van der Waals surface area (Å²) in [6, 6.07) is 27.8. The number of nitrogens with zero attached hydrogens (tertiary/aromatic N) is 4. The van der Waals surface area contributed by atoms with Crippen LogP contribution in [-0.4, -0.2) is 58.0 Å². The SMILES string of the molecule is CSC(=C[N+](=O)[O-])N1CCN(Cc2c(-c3ccccc3)nc3ccccc3c2C(=O)N[C@H](c2ccccc2)C(C)C)CC1. The van der Waals surface area contributed by atoms with Crippen LogP contribution in [0.2, 0.25) is 0 Å². The Bertz CT molecular complexity index is 1600. The maximum absolute atomic E-state index is 14.4. The molecule has 1 amide bonds. The summed E-state index contributed by atoms with van der Waals surface area (Å²) < 4.78 is 0. The van der Waals surface area contributed by atoms with Crippen LogP contribution in [0.3, 0.4) is 0 Å². The lowest BCUT2D eigenvalue weighted by atomic mass is 9.93. The third-order valence-electron chi connectivity index (χ3n) is 7.87. The van der Waals surface area contributed by atoms with Gasteiger partial charge in [0.25, 0.3) is 12.1 Å². The summed E-state index contributed by atoms with van der Waals surface area (Å²) in [7, 11) is 0. The summed E-state index contributed by atoms with van der Waals surface area (Å²) in [4.78, 5) is 34.7. The zero-order chi connectivity index (χ0) is 30.3. The standard InChI is InChI=1S/C34H37N5O3S/c1-24(2)32(25-12-6-4-7-13-25)36-34(40)31-27-16-10-11-17-29(27)35-33(26-14-8-5-9-15-26)28(31)22-37-18-20-38(21-19-37)30(43-3)23-39(41)42/h4-17,23-24,32H,18-22H2,1-3H3,(H,36,40)/t32-/m0/s1. The van der Waals surface area contributed by atoms with Gasteiger partial charge < -0.3 is 10.2 Å². The number of nitro groups is 1. The van der Waals surface area contributed by atoms with Crippen LogP contribution < -0.4 is 5.32 Å². The van der Waals surface area contributed by atoms with Gasteiger partial charge in [0, 0.05) is 49.2 Å². The highest BCUT2D eigenvalue weighted by Gasteiger charge is 2.28. The van der Waals surface area contributed by atoms with Crippen LogP contribution in [0.15, 0.2) is 96.2 Å². The minimum absolute atomic E-state index is 0.120. The quantitative estimate of drug-likeness (QED) is 0.163. The summed E-state index contributed by atoms with van der Waals surface area (Å²) in [5.74, 6) is 0.0629. The maximum atomic E-state index is 14.4. The molecule has 0 saturated carbocycles. The van der Waals surface area contributed by atoms with Gasteiger partial charge in [-0.05, 0) is 23.8 Å². The lowest BCUT2D eigenvalue weighted by Gasteiger charge is -2.36. The van der Waals surface area contributed by atoms with Crippen LogP contribution in [0, 0.1) is 16.0 Å². The topological polar surface area (TPSA) is 91.6 Å². The van der Waals surface area contributed by atoms with Crippen molar-refractivity contribution >= 4 is 28.6 Å². The molecule has 1 saturated heterocycles. The molecule has 1 fully saturated rings. The molecule has 8 nitrogen and oxygen atoms in total. The van der Waals surface area contributed by atoms with Gasteiger partial charge in [-0.15, -0.1) is 11.8 Å². The number of aromatic nitrogens is 1. The fourth-order valence-electron chi connectivity index (χ4n) is 5.71. The van der Waals surface area contributed by atoms with Crippen LogP contribution in [0.4, 0.5) is 0 Å². The van der Waals surface area contributed by atoms with E-state index in [0.717, 1.165) is 39.5 Å². The molecule has 43 heavy (non-hydrogen) atoms. The number of rotatable bonds is 10. The normalized spacial score (nSPS) is 15.1. The van der Waals surface area contributed by atoms with Crippen molar-refractivity contribution in [2.45, 2.75) is 26.4 Å². The fraction of sp³-hybridized carbons (Fsp3) is 0.294. The summed E-state index contributed by atoms with van der Waals surface area (Å²) >= 11 is 1.39. The molecular weight excluding hydrogens is 558 g/mol. The minimum atomic E-state index is -0.393. The molecule has 0 spiro atoms. The molecule has 0 unspecified atom stereocenters. The number of thioether (sulfide) groups is 1. The maximum Gasteiger partial charge on any atom is 0.264 e. The van der Waals surface area contributed by atoms with Gasteiger partial charge in [-0.2, -0.15) is 0 Å². The molecule has 0 aliphatic carbocycles. The van der Waals surface area contributed by atoms with Gasteiger partial charge in [0.2, 0.25) is 0 Å². The second-order valence-corrected chi connectivity index (χ2v) is 11.8.